The van der Waals surface area contributed by atoms with E-state index >= 15 is 0 Å². The highest BCUT2D eigenvalue weighted by atomic mass is 32.2. The molecule has 0 saturated heterocycles. The Morgan fingerprint density at radius 1 is 1.47 bits per heavy atom. The standard InChI is InChI=1S/C11H15N5S/c1-3-9(12)10-5-4-8(6-13-10)17-11-14-7(2)15-16-11/h4-6,9H,3,12H2,1-2H3,(H,14,15,16)/t9-/m0/s1. The molecular formula is C11H15N5S. The number of rotatable bonds is 4. The zero-order valence-corrected chi connectivity index (χ0v) is 10.7. The molecule has 0 aromatic carbocycles. The molecule has 0 radical (unpaired) electrons. The minimum atomic E-state index is 0.0137. The highest BCUT2D eigenvalue weighted by Gasteiger charge is 2.06. The fourth-order valence-corrected chi connectivity index (χ4v) is 2.08. The molecule has 0 aliphatic carbocycles. The molecule has 0 amide bonds. The van der Waals surface area contributed by atoms with Crippen molar-refractivity contribution in [2.45, 2.75) is 36.4 Å². The minimum Gasteiger partial charge on any atom is -0.323 e. The maximum Gasteiger partial charge on any atom is 0.213 e. The molecule has 0 fully saturated rings. The van der Waals surface area contributed by atoms with E-state index in [1.807, 2.05) is 26.0 Å². The lowest BCUT2D eigenvalue weighted by Gasteiger charge is -2.07. The summed E-state index contributed by atoms with van der Waals surface area (Å²) < 4.78 is 0. The van der Waals surface area contributed by atoms with Crippen molar-refractivity contribution in [3.63, 3.8) is 0 Å². The van der Waals surface area contributed by atoms with Crippen molar-refractivity contribution in [3.05, 3.63) is 29.8 Å². The second-order valence-corrected chi connectivity index (χ2v) is 4.78. The summed E-state index contributed by atoms with van der Waals surface area (Å²) in [6.07, 6.45) is 2.70. The topological polar surface area (TPSA) is 80.5 Å². The first-order chi connectivity index (χ1) is 8.19. The second-order valence-electron chi connectivity index (χ2n) is 3.74. The van der Waals surface area contributed by atoms with Crippen LogP contribution in [0.1, 0.15) is 30.9 Å². The second kappa shape index (κ2) is 5.29. The summed E-state index contributed by atoms with van der Waals surface area (Å²) in [4.78, 5) is 9.57. The zero-order chi connectivity index (χ0) is 12.3. The van der Waals surface area contributed by atoms with E-state index < -0.39 is 0 Å². The monoisotopic (exact) mass is 249 g/mol. The number of hydrogen-bond acceptors (Lipinski definition) is 5. The predicted octanol–water partition coefficient (Wildman–Crippen LogP) is 2.07. The molecule has 3 N–H and O–H groups in total. The van der Waals surface area contributed by atoms with Crippen molar-refractivity contribution in [1.29, 1.82) is 0 Å². The Kier molecular flexibility index (Phi) is 3.75. The molecule has 90 valence electrons. The number of aryl methyl sites for hydroxylation is 1. The van der Waals surface area contributed by atoms with E-state index in [2.05, 4.69) is 20.2 Å². The van der Waals surface area contributed by atoms with E-state index in [1.54, 1.807) is 6.20 Å². The summed E-state index contributed by atoms with van der Waals surface area (Å²) in [6, 6.07) is 3.96. The van der Waals surface area contributed by atoms with Gasteiger partial charge in [0.1, 0.15) is 5.82 Å². The average molecular weight is 249 g/mol. The summed E-state index contributed by atoms with van der Waals surface area (Å²) in [5.74, 6) is 0.810. The molecule has 0 unspecified atom stereocenters. The molecule has 0 bridgehead atoms. The van der Waals surface area contributed by atoms with Crippen LogP contribution in [-0.4, -0.2) is 20.2 Å². The Hall–Kier alpha value is -1.40. The van der Waals surface area contributed by atoms with Crippen LogP contribution in [0.5, 0.6) is 0 Å². The lowest BCUT2D eigenvalue weighted by Crippen LogP contribution is -2.10. The molecule has 0 aliphatic rings. The maximum atomic E-state index is 5.90. The summed E-state index contributed by atoms with van der Waals surface area (Å²) in [7, 11) is 0. The van der Waals surface area contributed by atoms with Crippen molar-refractivity contribution >= 4 is 11.8 Å². The summed E-state index contributed by atoms with van der Waals surface area (Å²) in [6.45, 7) is 3.92. The van der Waals surface area contributed by atoms with Crippen LogP contribution < -0.4 is 5.73 Å². The number of nitrogens with one attached hydrogen (secondary N) is 1. The van der Waals surface area contributed by atoms with Crippen LogP contribution in [0, 0.1) is 6.92 Å². The van der Waals surface area contributed by atoms with Crippen LogP contribution in [0.3, 0.4) is 0 Å². The number of hydrogen-bond donors (Lipinski definition) is 2. The van der Waals surface area contributed by atoms with Gasteiger partial charge in [-0.1, -0.05) is 6.92 Å². The fourth-order valence-electron chi connectivity index (χ4n) is 1.35. The molecule has 2 aromatic rings. The Labute approximate surface area is 104 Å². The van der Waals surface area contributed by atoms with Gasteiger partial charge in [-0.2, -0.15) is 0 Å². The van der Waals surface area contributed by atoms with E-state index in [9.17, 15) is 0 Å². The summed E-state index contributed by atoms with van der Waals surface area (Å²) >= 11 is 1.48. The van der Waals surface area contributed by atoms with Crippen molar-refractivity contribution in [1.82, 2.24) is 20.2 Å². The van der Waals surface area contributed by atoms with Crippen molar-refractivity contribution in [2.75, 3.05) is 0 Å². The summed E-state index contributed by atoms with van der Waals surface area (Å²) in [5.41, 5.74) is 6.82. The van der Waals surface area contributed by atoms with Gasteiger partial charge in [-0.15, -0.1) is 5.10 Å². The van der Waals surface area contributed by atoms with E-state index in [0.717, 1.165) is 22.8 Å². The number of pyridine rings is 1. The third kappa shape index (κ3) is 3.04. The van der Waals surface area contributed by atoms with E-state index in [1.165, 1.54) is 11.8 Å². The van der Waals surface area contributed by atoms with Crippen LogP contribution in [0.4, 0.5) is 0 Å². The number of nitrogens with two attached hydrogens (primary N) is 1. The number of nitrogens with zero attached hydrogens (tertiary/aromatic N) is 3. The maximum absolute atomic E-state index is 5.90. The van der Waals surface area contributed by atoms with Gasteiger partial charge >= 0.3 is 0 Å². The van der Waals surface area contributed by atoms with Gasteiger partial charge in [0.2, 0.25) is 5.16 Å². The average Bonchev–Trinajstić information content (AvgIpc) is 2.75. The van der Waals surface area contributed by atoms with Gasteiger partial charge in [0.25, 0.3) is 0 Å². The summed E-state index contributed by atoms with van der Waals surface area (Å²) in [5, 5.41) is 7.57. The quantitative estimate of drug-likeness (QED) is 0.867. The first kappa shape index (κ1) is 12.1. The number of aromatic amines is 1. The minimum absolute atomic E-state index is 0.0137. The van der Waals surface area contributed by atoms with Gasteiger partial charge in [-0.05, 0) is 37.2 Å². The smallest absolute Gasteiger partial charge is 0.213 e. The van der Waals surface area contributed by atoms with Crippen LogP contribution in [0.25, 0.3) is 0 Å². The Morgan fingerprint density at radius 2 is 2.29 bits per heavy atom. The van der Waals surface area contributed by atoms with E-state index in [-0.39, 0.29) is 6.04 Å². The molecule has 0 spiro atoms. The van der Waals surface area contributed by atoms with Gasteiger partial charge in [-0.3, -0.25) is 10.1 Å². The fraction of sp³-hybridized carbons (Fsp3) is 0.364. The van der Waals surface area contributed by atoms with Crippen molar-refractivity contribution in [2.24, 2.45) is 5.73 Å². The zero-order valence-electron chi connectivity index (χ0n) is 9.84. The first-order valence-corrected chi connectivity index (χ1v) is 6.29. The predicted molar refractivity (Wildman–Crippen MR) is 66.7 cm³/mol. The van der Waals surface area contributed by atoms with Crippen molar-refractivity contribution < 1.29 is 0 Å². The normalized spacial score (nSPS) is 12.6. The molecule has 0 aliphatic heterocycles. The SMILES string of the molecule is CC[C@H](N)c1ccc(Sc2n[nH]c(C)n2)cn1. The van der Waals surface area contributed by atoms with Gasteiger partial charge in [-0.25, -0.2) is 4.98 Å². The highest BCUT2D eigenvalue weighted by Crippen LogP contribution is 2.24. The van der Waals surface area contributed by atoms with E-state index in [0.29, 0.717) is 5.16 Å². The van der Waals surface area contributed by atoms with Crippen LogP contribution in [0.15, 0.2) is 28.4 Å². The highest BCUT2D eigenvalue weighted by molar-refractivity contribution is 7.99. The van der Waals surface area contributed by atoms with Crippen LogP contribution in [0.2, 0.25) is 0 Å². The molecule has 5 nitrogen and oxygen atoms in total. The lowest BCUT2D eigenvalue weighted by molar-refractivity contribution is 0.674. The molecular weight excluding hydrogens is 234 g/mol. The van der Waals surface area contributed by atoms with Crippen molar-refractivity contribution in [3.8, 4) is 0 Å². The third-order valence-corrected chi connectivity index (χ3v) is 3.21. The molecule has 17 heavy (non-hydrogen) atoms. The molecule has 2 aromatic heterocycles. The largest absolute Gasteiger partial charge is 0.323 e. The Balaban J connectivity index is 2.08. The van der Waals surface area contributed by atoms with Crippen LogP contribution in [-0.2, 0) is 0 Å². The van der Waals surface area contributed by atoms with Gasteiger partial charge in [0.05, 0.1) is 5.69 Å². The van der Waals surface area contributed by atoms with Gasteiger partial charge in [0, 0.05) is 17.1 Å². The first-order valence-electron chi connectivity index (χ1n) is 5.47. The molecule has 2 rings (SSSR count). The van der Waals surface area contributed by atoms with E-state index in [4.69, 9.17) is 5.73 Å². The van der Waals surface area contributed by atoms with Gasteiger partial charge in [0.15, 0.2) is 0 Å². The number of aromatic nitrogens is 4. The Morgan fingerprint density at radius 3 is 2.82 bits per heavy atom. The molecule has 2 heterocycles. The molecule has 6 heteroatoms. The lowest BCUT2D eigenvalue weighted by atomic mass is 10.1. The number of H-pyrrole nitrogens is 1. The third-order valence-electron chi connectivity index (χ3n) is 2.36. The van der Waals surface area contributed by atoms with Crippen LogP contribution >= 0.6 is 11.8 Å². The Bertz CT molecular complexity index is 479. The molecule has 1 atom stereocenters. The van der Waals surface area contributed by atoms with Gasteiger partial charge < -0.3 is 5.73 Å². The molecule has 0 saturated carbocycles.